The van der Waals surface area contributed by atoms with Gasteiger partial charge in [-0.25, -0.2) is 0 Å². The summed E-state index contributed by atoms with van der Waals surface area (Å²) in [6.45, 7) is 6.85. The van der Waals surface area contributed by atoms with E-state index in [1.54, 1.807) is 12.1 Å². The van der Waals surface area contributed by atoms with Crippen molar-refractivity contribution in [1.29, 1.82) is 0 Å². The Morgan fingerprint density at radius 2 is 1.31 bits per heavy atom. The Labute approximate surface area is 189 Å². The third-order valence-corrected chi connectivity index (χ3v) is 6.93. The van der Waals surface area contributed by atoms with E-state index in [1.807, 2.05) is 38.1 Å². The minimum absolute atomic E-state index is 0.0992. The zero-order valence-corrected chi connectivity index (χ0v) is 19.0. The van der Waals surface area contributed by atoms with Crippen molar-refractivity contribution in [3.63, 3.8) is 0 Å². The van der Waals surface area contributed by atoms with Crippen LogP contribution < -0.4 is 14.8 Å². The van der Waals surface area contributed by atoms with Gasteiger partial charge < -0.3 is 25.0 Å². The van der Waals surface area contributed by atoms with Crippen LogP contribution >= 0.6 is 0 Å². The van der Waals surface area contributed by atoms with Gasteiger partial charge in [0.25, 0.3) is 0 Å². The molecule has 1 saturated carbocycles. The van der Waals surface area contributed by atoms with Gasteiger partial charge in [-0.2, -0.15) is 0 Å². The molecule has 3 N–H and O–H groups in total. The number of ether oxygens (including phenoxy) is 2. The van der Waals surface area contributed by atoms with E-state index in [2.05, 4.69) is 12.2 Å². The molecule has 6 heteroatoms. The van der Waals surface area contributed by atoms with Crippen molar-refractivity contribution in [2.75, 3.05) is 13.2 Å². The fourth-order valence-corrected chi connectivity index (χ4v) is 5.33. The van der Waals surface area contributed by atoms with Gasteiger partial charge in [0.05, 0.1) is 13.2 Å². The Balaban J connectivity index is 1.75. The maximum absolute atomic E-state index is 13.6. The van der Waals surface area contributed by atoms with E-state index in [4.69, 9.17) is 9.47 Å². The first-order chi connectivity index (χ1) is 15.5. The summed E-state index contributed by atoms with van der Waals surface area (Å²) in [6, 6.07) is 10.4. The van der Waals surface area contributed by atoms with E-state index in [-0.39, 0.29) is 35.4 Å². The third kappa shape index (κ3) is 4.16. The summed E-state index contributed by atoms with van der Waals surface area (Å²) in [5.41, 5.74) is 1.88. The van der Waals surface area contributed by atoms with E-state index in [0.29, 0.717) is 36.4 Å². The van der Waals surface area contributed by atoms with Crippen molar-refractivity contribution in [1.82, 2.24) is 5.32 Å². The molecule has 0 amide bonds. The average molecular weight is 440 g/mol. The van der Waals surface area contributed by atoms with Gasteiger partial charge in [0, 0.05) is 23.9 Å². The van der Waals surface area contributed by atoms with Crippen LogP contribution in [0.25, 0.3) is 0 Å². The molecule has 2 aromatic rings. The number of rotatable bonds is 7. The largest absolute Gasteiger partial charge is 0.504 e. The lowest BCUT2D eigenvalue weighted by atomic mass is 9.63. The zero-order valence-electron chi connectivity index (χ0n) is 19.0. The summed E-state index contributed by atoms with van der Waals surface area (Å²) in [4.78, 5) is 13.6. The first kappa shape index (κ1) is 22.5. The number of nitrogens with one attached hydrogen (secondary N) is 1. The number of hydrogen-bond acceptors (Lipinski definition) is 6. The third-order valence-electron chi connectivity index (χ3n) is 6.93. The lowest BCUT2D eigenvalue weighted by Crippen LogP contribution is -2.52. The molecule has 1 unspecified atom stereocenters. The van der Waals surface area contributed by atoms with Gasteiger partial charge in [-0.1, -0.05) is 25.5 Å². The number of phenols is 2. The highest BCUT2D eigenvalue weighted by Crippen LogP contribution is 2.49. The van der Waals surface area contributed by atoms with Gasteiger partial charge >= 0.3 is 0 Å². The zero-order chi connectivity index (χ0) is 22.8. The molecule has 1 aliphatic heterocycles. The van der Waals surface area contributed by atoms with Gasteiger partial charge in [-0.3, -0.25) is 4.79 Å². The molecule has 5 atom stereocenters. The Morgan fingerprint density at radius 1 is 0.844 bits per heavy atom. The summed E-state index contributed by atoms with van der Waals surface area (Å²) in [5.74, 6) is 1.62. The second-order valence-corrected chi connectivity index (χ2v) is 8.80. The predicted molar refractivity (Wildman–Crippen MR) is 122 cm³/mol. The van der Waals surface area contributed by atoms with Crippen molar-refractivity contribution >= 4 is 5.78 Å². The van der Waals surface area contributed by atoms with Crippen molar-refractivity contribution in [2.24, 2.45) is 17.8 Å². The van der Waals surface area contributed by atoms with Crippen LogP contribution in [0.3, 0.4) is 0 Å². The topological polar surface area (TPSA) is 88.0 Å². The molecule has 2 fully saturated rings. The number of phenolic OH excluding ortho intramolecular Hbond substituents is 2. The van der Waals surface area contributed by atoms with Crippen molar-refractivity contribution in [2.45, 2.75) is 52.1 Å². The quantitative estimate of drug-likeness (QED) is 0.569. The molecule has 2 aromatic carbocycles. The molecule has 0 spiro atoms. The van der Waals surface area contributed by atoms with E-state index < -0.39 is 0 Å². The second-order valence-electron chi connectivity index (χ2n) is 8.80. The van der Waals surface area contributed by atoms with Crippen molar-refractivity contribution in [3.05, 3.63) is 47.5 Å². The van der Waals surface area contributed by atoms with E-state index in [9.17, 15) is 15.0 Å². The first-order valence-electron chi connectivity index (χ1n) is 11.7. The highest BCUT2D eigenvalue weighted by Gasteiger charge is 2.49. The molecular weight excluding hydrogens is 406 g/mol. The molecule has 1 aliphatic carbocycles. The lowest BCUT2D eigenvalue weighted by molar-refractivity contribution is -0.137. The minimum atomic E-state index is -0.178. The minimum Gasteiger partial charge on any atom is -0.504 e. The molecule has 0 radical (unpaired) electrons. The molecule has 172 valence electrons. The summed E-state index contributed by atoms with van der Waals surface area (Å²) in [6.07, 6.45) is 2.76. The van der Waals surface area contributed by atoms with Gasteiger partial charge in [0.1, 0.15) is 5.78 Å². The Kier molecular flexibility index (Phi) is 6.60. The molecule has 0 aromatic heterocycles. The van der Waals surface area contributed by atoms with Gasteiger partial charge in [-0.05, 0) is 68.0 Å². The Hall–Kier alpha value is -2.73. The number of carbonyl (C=O) groups is 1. The smallest absolute Gasteiger partial charge is 0.161 e. The van der Waals surface area contributed by atoms with Crippen LogP contribution in [0.4, 0.5) is 0 Å². The summed E-state index contributed by atoms with van der Waals surface area (Å²) in [5, 5.41) is 24.1. The molecule has 2 aliphatic rings. The summed E-state index contributed by atoms with van der Waals surface area (Å²) >= 11 is 0. The Morgan fingerprint density at radius 3 is 1.72 bits per heavy atom. The van der Waals surface area contributed by atoms with Crippen LogP contribution in [0.5, 0.6) is 23.0 Å². The lowest BCUT2D eigenvalue weighted by Gasteiger charge is -2.47. The molecule has 1 heterocycles. The SMILES string of the molecule is CCOc1cc([C@H]2N[C@@H](c3ccc(O)c(OCC)c3)[C@@H]3CC(CC)C[C@H]2C3=O)ccc1O. The number of Topliss-reactive ketones (excluding diaryl/α,β-unsaturated/α-hetero) is 1. The number of aromatic hydroxyl groups is 2. The summed E-state index contributed by atoms with van der Waals surface area (Å²) < 4.78 is 11.2. The fourth-order valence-electron chi connectivity index (χ4n) is 5.33. The van der Waals surface area contributed by atoms with E-state index >= 15 is 0 Å². The molecule has 4 rings (SSSR count). The van der Waals surface area contributed by atoms with Crippen LogP contribution in [0.1, 0.15) is 63.2 Å². The van der Waals surface area contributed by atoms with Crippen LogP contribution in [-0.2, 0) is 4.79 Å². The molecule has 1 saturated heterocycles. The van der Waals surface area contributed by atoms with Crippen LogP contribution in [0, 0.1) is 17.8 Å². The average Bonchev–Trinajstić information content (AvgIpc) is 2.78. The standard InChI is InChI=1S/C26H33NO5/c1-4-15-11-18-24(16-7-9-20(28)22(13-16)31-5-2)27-25(19(12-15)26(18)30)17-8-10-21(29)23(14-17)32-6-3/h7-10,13-15,18-19,24-25,27-29H,4-6,11-12H2,1-3H3/t15?,18-,19+,24-,25+. The number of ketones is 1. The normalized spacial score (nSPS) is 27.2. The second kappa shape index (κ2) is 9.41. The Bertz CT molecular complexity index is 901. The van der Waals surface area contributed by atoms with Gasteiger partial charge in [0.2, 0.25) is 0 Å². The highest BCUT2D eigenvalue weighted by molar-refractivity contribution is 5.87. The molecule has 6 nitrogen and oxygen atoms in total. The van der Waals surface area contributed by atoms with E-state index in [1.165, 1.54) is 0 Å². The number of fused-ring (bicyclic) bond motifs is 2. The summed E-state index contributed by atoms with van der Waals surface area (Å²) in [7, 11) is 0. The fraction of sp³-hybridized carbons (Fsp3) is 0.500. The van der Waals surface area contributed by atoms with Crippen LogP contribution in [0.2, 0.25) is 0 Å². The van der Waals surface area contributed by atoms with E-state index in [0.717, 1.165) is 30.4 Å². The number of benzene rings is 2. The van der Waals surface area contributed by atoms with Gasteiger partial charge in [0.15, 0.2) is 23.0 Å². The monoisotopic (exact) mass is 439 g/mol. The predicted octanol–water partition coefficient (Wildman–Crippen LogP) is 4.90. The number of carbonyl (C=O) groups excluding carboxylic acids is 1. The van der Waals surface area contributed by atoms with Crippen LogP contribution in [0.15, 0.2) is 36.4 Å². The van der Waals surface area contributed by atoms with Gasteiger partial charge in [-0.15, -0.1) is 0 Å². The maximum atomic E-state index is 13.6. The molecule has 2 bridgehead atoms. The maximum Gasteiger partial charge on any atom is 0.161 e. The molecule has 32 heavy (non-hydrogen) atoms. The first-order valence-corrected chi connectivity index (χ1v) is 11.7. The van der Waals surface area contributed by atoms with Crippen molar-refractivity contribution in [3.8, 4) is 23.0 Å². The number of piperidine rings is 1. The molecular formula is C26H33NO5. The van der Waals surface area contributed by atoms with Crippen LogP contribution in [-0.4, -0.2) is 29.2 Å². The van der Waals surface area contributed by atoms with Crippen molar-refractivity contribution < 1.29 is 24.5 Å². The number of hydrogen-bond donors (Lipinski definition) is 3. The highest BCUT2D eigenvalue weighted by atomic mass is 16.5.